The molecule has 0 aliphatic heterocycles. The molecule has 17 heavy (non-hydrogen) atoms. The van der Waals surface area contributed by atoms with Crippen LogP contribution in [0.1, 0.15) is 56.4 Å². The van der Waals surface area contributed by atoms with E-state index in [1.165, 1.54) is 19.3 Å². The number of aliphatic hydroxyl groups is 1. The monoisotopic (exact) mass is 233 g/mol. The fourth-order valence-corrected chi connectivity index (χ4v) is 2.84. The van der Waals surface area contributed by atoms with E-state index in [0.29, 0.717) is 5.92 Å². The molecule has 0 spiro atoms. The summed E-state index contributed by atoms with van der Waals surface area (Å²) in [6, 6.07) is 4.00. The summed E-state index contributed by atoms with van der Waals surface area (Å²) < 4.78 is 0. The van der Waals surface area contributed by atoms with Gasteiger partial charge in [-0.15, -0.1) is 0 Å². The molecule has 0 amide bonds. The van der Waals surface area contributed by atoms with Gasteiger partial charge in [0.05, 0.1) is 6.10 Å². The van der Waals surface area contributed by atoms with Crippen LogP contribution in [0.2, 0.25) is 0 Å². The van der Waals surface area contributed by atoms with Gasteiger partial charge >= 0.3 is 0 Å². The summed E-state index contributed by atoms with van der Waals surface area (Å²) in [6.45, 7) is 4.24. The van der Waals surface area contributed by atoms with E-state index in [0.717, 1.165) is 30.0 Å². The second kappa shape index (κ2) is 5.63. The van der Waals surface area contributed by atoms with Crippen molar-refractivity contribution in [2.75, 3.05) is 0 Å². The lowest BCUT2D eigenvalue weighted by molar-refractivity contribution is 0.0727. The van der Waals surface area contributed by atoms with Crippen molar-refractivity contribution in [3.8, 4) is 0 Å². The van der Waals surface area contributed by atoms with Crippen LogP contribution in [0.5, 0.6) is 0 Å². The number of hydrogen-bond acceptors (Lipinski definition) is 2. The highest BCUT2D eigenvalue weighted by molar-refractivity contribution is 5.16. The Morgan fingerprint density at radius 1 is 1.29 bits per heavy atom. The molecule has 0 radical (unpaired) electrons. The van der Waals surface area contributed by atoms with Gasteiger partial charge in [-0.25, -0.2) is 0 Å². The molecule has 2 heteroatoms. The molecule has 2 nitrogen and oxygen atoms in total. The van der Waals surface area contributed by atoms with E-state index in [4.69, 9.17) is 0 Å². The van der Waals surface area contributed by atoms with Gasteiger partial charge in [0.15, 0.2) is 0 Å². The zero-order valence-corrected chi connectivity index (χ0v) is 10.9. The zero-order chi connectivity index (χ0) is 12.3. The molecule has 1 fully saturated rings. The Bertz CT molecular complexity index is 338. The number of aryl methyl sites for hydroxylation is 1. The maximum Gasteiger partial charge on any atom is 0.0833 e. The summed E-state index contributed by atoms with van der Waals surface area (Å²) >= 11 is 0. The van der Waals surface area contributed by atoms with Gasteiger partial charge in [-0.3, -0.25) is 4.98 Å². The molecule has 1 unspecified atom stereocenters. The quantitative estimate of drug-likeness (QED) is 0.864. The Labute approximate surface area is 104 Å². The Morgan fingerprint density at radius 2 is 2.00 bits per heavy atom. The summed E-state index contributed by atoms with van der Waals surface area (Å²) in [5, 5.41) is 10.4. The molecule has 1 N–H and O–H groups in total. The molecule has 0 aromatic carbocycles. The summed E-state index contributed by atoms with van der Waals surface area (Å²) in [5.74, 6) is 1.32. The average Bonchev–Trinajstić information content (AvgIpc) is 2.39. The van der Waals surface area contributed by atoms with E-state index < -0.39 is 0 Å². The molecule has 1 saturated carbocycles. The number of rotatable bonds is 3. The number of pyridine rings is 1. The summed E-state index contributed by atoms with van der Waals surface area (Å²) in [5.41, 5.74) is 1.99. The van der Waals surface area contributed by atoms with Crippen molar-refractivity contribution >= 4 is 0 Å². The normalized spacial score (nSPS) is 26.8. The van der Waals surface area contributed by atoms with Crippen molar-refractivity contribution < 1.29 is 5.11 Å². The third-order valence-electron chi connectivity index (χ3n) is 4.19. The molecule has 1 heterocycles. The first-order chi connectivity index (χ1) is 8.20. The summed E-state index contributed by atoms with van der Waals surface area (Å²) in [7, 11) is 0. The molecule has 2 rings (SSSR count). The van der Waals surface area contributed by atoms with E-state index in [9.17, 15) is 5.11 Å². The smallest absolute Gasteiger partial charge is 0.0833 e. The third-order valence-corrected chi connectivity index (χ3v) is 4.19. The van der Waals surface area contributed by atoms with Crippen molar-refractivity contribution in [3.63, 3.8) is 0 Å². The van der Waals surface area contributed by atoms with Crippen LogP contribution >= 0.6 is 0 Å². The largest absolute Gasteiger partial charge is 0.388 e. The fourth-order valence-electron chi connectivity index (χ4n) is 2.84. The lowest BCUT2D eigenvalue weighted by Crippen LogP contribution is -2.20. The van der Waals surface area contributed by atoms with Gasteiger partial charge < -0.3 is 5.11 Å². The van der Waals surface area contributed by atoms with Gasteiger partial charge in [0.1, 0.15) is 0 Å². The van der Waals surface area contributed by atoms with Crippen molar-refractivity contribution in [3.05, 3.63) is 29.6 Å². The molecular weight excluding hydrogens is 210 g/mol. The maximum atomic E-state index is 10.4. The lowest BCUT2D eigenvalue weighted by Gasteiger charge is -2.31. The molecule has 1 aliphatic rings. The Morgan fingerprint density at radius 3 is 2.53 bits per heavy atom. The first kappa shape index (κ1) is 12.6. The predicted molar refractivity (Wildman–Crippen MR) is 69.7 cm³/mol. The van der Waals surface area contributed by atoms with Crippen LogP contribution in [0, 0.1) is 18.8 Å². The molecule has 94 valence electrons. The highest BCUT2D eigenvalue weighted by Gasteiger charge is 2.26. The van der Waals surface area contributed by atoms with E-state index in [-0.39, 0.29) is 6.10 Å². The average molecular weight is 233 g/mol. The number of nitrogens with zero attached hydrogens (tertiary/aromatic N) is 1. The van der Waals surface area contributed by atoms with Crippen LogP contribution in [0.4, 0.5) is 0 Å². The van der Waals surface area contributed by atoms with Gasteiger partial charge in [0.25, 0.3) is 0 Å². The summed E-state index contributed by atoms with van der Waals surface area (Å²) in [6.07, 6.45) is 7.66. The van der Waals surface area contributed by atoms with Crippen LogP contribution in [0.3, 0.4) is 0 Å². The Hall–Kier alpha value is -0.890. The van der Waals surface area contributed by atoms with Crippen molar-refractivity contribution in [1.82, 2.24) is 4.98 Å². The van der Waals surface area contributed by atoms with Crippen LogP contribution in [0.25, 0.3) is 0 Å². The van der Waals surface area contributed by atoms with Crippen LogP contribution < -0.4 is 0 Å². The SMILES string of the molecule is CCC1CCC(C(O)c2ccc(C)nc2)CC1. The van der Waals surface area contributed by atoms with E-state index in [2.05, 4.69) is 11.9 Å². The minimum atomic E-state index is -0.319. The lowest BCUT2D eigenvalue weighted by atomic mass is 9.77. The number of aromatic nitrogens is 1. The fraction of sp³-hybridized carbons (Fsp3) is 0.667. The zero-order valence-electron chi connectivity index (χ0n) is 10.9. The van der Waals surface area contributed by atoms with Gasteiger partial charge in [-0.1, -0.05) is 32.3 Å². The van der Waals surface area contributed by atoms with E-state index in [1.807, 2.05) is 25.3 Å². The molecular formula is C15H23NO. The molecule has 1 aliphatic carbocycles. The van der Waals surface area contributed by atoms with Crippen molar-refractivity contribution in [2.45, 2.75) is 52.1 Å². The van der Waals surface area contributed by atoms with E-state index in [1.54, 1.807) is 0 Å². The summed E-state index contributed by atoms with van der Waals surface area (Å²) in [4.78, 5) is 4.27. The highest BCUT2D eigenvalue weighted by atomic mass is 16.3. The highest BCUT2D eigenvalue weighted by Crippen LogP contribution is 2.37. The van der Waals surface area contributed by atoms with E-state index >= 15 is 0 Å². The van der Waals surface area contributed by atoms with Crippen LogP contribution in [0.15, 0.2) is 18.3 Å². The van der Waals surface area contributed by atoms with Gasteiger partial charge in [0.2, 0.25) is 0 Å². The standard InChI is InChI=1S/C15H23NO/c1-3-12-5-8-13(9-6-12)15(17)14-7-4-11(2)16-10-14/h4,7,10,12-13,15,17H,3,5-6,8-9H2,1-2H3. The predicted octanol–water partition coefficient (Wildman–Crippen LogP) is 3.64. The third kappa shape index (κ3) is 3.06. The van der Waals surface area contributed by atoms with Gasteiger partial charge in [-0.05, 0) is 43.2 Å². The molecule has 0 saturated heterocycles. The first-order valence-electron chi connectivity index (χ1n) is 6.81. The minimum absolute atomic E-state index is 0.319. The first-order valence-corrected chi connectivity index (χ1v) is 6.81. The number of aliphatic hydroxyl groups excluding tert-OH is 1. The van der Waals surface area contributed by atoms with Gasteiger partial charge in [0, 0.05) is 11.9 Å². The minimum Gasteiger partial charge on any atom is -0.388 e. The second-order valence-corrected chi connectivity index (χ2v) is 5.37. The van der Waals surface area contributed by atoms with Crippen LogP contribution in [-0.4, -0.2) is 10.1 Å². The Balaban J connectivity index is 1.96. The maximum absolute atomic E-state index is 10.4. The van der Waals surface area contributed by atoms with Gasteiger partial charge in [-0.2, -0.15) is 0 Å². The molecule has 1 atom stereocenters. The second-order valence-electron chi connectivity index (χ2n) is 5.37. The van der Waals surface area contributed by atoms with Crippen molar-refractivity contribution in [1.29, 1.82) is 0 Å². The Kier molecular flexibility index (Phi) is 4.16. The topological polar surface area (TPSA) is 33.1 Å². The van der Waals surface area contributed by atoms with Crippen LogP contribution in [-0.2, 0) is 0 Å². The van der Waals surface area contributed by atoms with Crippen molar-refractivity contribution in [2.24, 2.45) is 11.8 Å². The molecule has 0 bridgehead atoms. The molecule has 1 aromatic heterocycles. The number of hydrogen-bond donors (Lipinski definition) is 1. The molecule has 1 aromatic rings.